The second kappa shape index (κ2) is 6.55. The highest BCUT2D eigenvalue weighted by Crippen LogP contribution is 2.32. The van der Waals surface area contributed by atoms with Gasteiger partial charge in [0.2, 0.25) is 0 Å². The molecule has 0 amide bonds. The molecule has 0 atom stereocenters. The molecule has 1 aromatic carbocycles. The average molecular weight is 234 g/mol. The fraction of sp³-hybridized carbons (Fsp3) is 0.533. The van der Waals surface area contributed by atoms with Crippen molar-refractivity contribution in [1.29, 1.82) is 0 Å². The van der Waals surface area contributed by atoms with Crippen LogP contribution in [0.1, 0.15) is 43.5 Å². The van der Waals surface area contributed by atoms with Crippen molar-refractivity contribution < 1.29 is 9.53 Å². The topological polar surface area (TPSA) is 26.3 Å². The fourth-order valence-electron chi connectivity index (χ4n) is 2.13. The van der Waals surface area contributed by atoms with Gasteiger partial charge >= 0.3 is 0 Å². The van der Waals surface area contributed by atoms with Crippen LogP contribution < -0.4 is 0 Å². The molecular weight excluding hydrogens is 212 g/mol. The van der Waals surface area contributed by atoms with E-state index in [-0.39, 0.29) is 11.2 Å². The minimum absolute atomic E-state index is 0.0122. The third-order valence-electron chi connectivity index (χ3n) is 3.58. The Morgan fingerprint density at radius 2 is 1.76 bits per heavy atom. The summed E-state index contributed by atoms with van der Waals surface area (Å²) in [6.45, 7) is 4.90. The molecule has 1 rings (SSSR count). The molecular formula is C15H22O2. The lowest BCUT2D eigenvalue weighted by Crippen LogP contribution is -2.28. The Hall–Kier alpha value is -1.15. The van der Waals surface area contributed by atoms with E-state index in [2.05, 4.69) is 13.8 Å². The van der Waals surface area contributed by atoms with Crippen LogP contribution in [-0.4, -0.2) is 19.5 Å². The molecule has 2 heteroatoms. The van der Waals surface area contributed by atoms with Crippen LogP contribution in [0.25, 0.3) is 0 Å². The van der Waals surface area contributed by atoms with Gasteiger partial charge in [-0.3, -0.25) is 4.79 Å². The predicted molar refractivity (Wildman–Crippen MR) is 70.3 cm³/mol. The van der Waals surface area contributed by atoms with Crippen LogP contribution in [0.5, 0.6) is 0 Å². The van der Waals surface area contributed by atoms with Gasteiger partial charge in [-0.2, -0.15) is 0 Å². The normalized spacial score (nSPS) is 11.5. The standard InChI is InChI=1S/C15H22O2/c1-4-15(5-2,12-17-3)11-14(16)13-9-7-6-8-10-13/h6-10H,4-5,11-12H2,1-3H3. The molecule has 94 valence electrons. The summed E-state index contributed by atoms with van der Waals surface area (Å²) in [5.74, 6) is 0.214. The van der Waals surface area contributed by atoms with Gasteiger partial charge in [-0.15, -0.1) is 0 Å². The number of hydrogen-bond donors (Lipinski definition) is 0. The van der Waals surface area contributed by atoms with Gasteiger partial charge in [-0.25, -0.2) is 0 Å². The maximum absolute atomic E-state index is 12.2. The number of Topliss-reactive ketones (excluding diaryl/α,β-unsaturated/α-hetero) is 1. The zero-order valence-corrected chi connectivity index (χ0v) is 11.0. The molecule has 0 fully saturated rings. The van der Waals surface area contributed by atoms with E-state index >= 15 is 0 Å². The monoisotopic (exact) mass is 234 g/mol. The van der Waals surface area contributed by atoms with Crippen molar-refractivity contribution in [3.8, 4) is 0 Å². The molecule has 1 aromatic rings. The molecule has 0 radical (unpaired) electrons. The largest absolute Gasteiger partial charge is 0.384 e. The first-order valence-corrected chi connectivity index (χ1v) is 6.24. The molecule has 0 aliphatic heterocycles. The zero-order chi connectivity index (χ0) is 12.7. The van der Waals surface area contributed by atoms with Crippen molar-refractivity contribution in [1.82, 2.24) is 0 Å². The van der Waals surface area contributed by atoms with E-state index in [0.29, 0.717) is 13.0 Å². The molecule has 17 heavy (non-hydrogen) atoms. The zero-order valence-electron chi connectivity index (χ0n) is 11.0. The molecule has 0 aromatic heterocycles. The molecule has 0 heterocycles. The van der Waals surface area contributed by atoms with E-state index in [1.807, 2.05) is 30.3 Å². The number of methoxy groups -OCH3 is 1. The van der Waals surface area contributed by atoms with E-state index in [1.54, 1.807) is 7.11 Å². The number of benzene rings is 1. The van der Waals surface area contributed by atoms with Gasteiger partial charge in [-0.1, -0.05) is 44.2 Å². The Kier molecular flexibility index (Phi) is 5.36. The summed E-state index contributed by atoms with van der Waals surface area (Å²) in [5.41, 5.74) is 0.789. The summed E-state index contributed by atoms with van der Waals surface area (Å²) in [6.07, 6.45) is 2.50. The summed E-state index contributed by atoms with van der Waals surface area (Å²) in [4.78, 5) is 12.2. The maximum Gasteiger partial charge on any atom is 0.163 e. The lowest BCUT2D eigenvalue weighted by atomic mass is 9.77. The van der Waals surface area contributed by atoms with Gasteiger partial charge < -0.3 is 4.74 Å². The van der Waals surface area contributed by atoms with Crippen LogP contribution in [0.4, 0.5) is 0 Å². The Balaban J connectivity index is 2.77. The van der Waals surface area contributed by atoms with Gasteiger partial charge in [0.05, 0.1) is 6.61 Å². The SMILES string of the molecule is CCC(CC)(COC)CC(=O)c1ccccc1. The highest BCUT2D eigenvalue weighted by atomic mass is 16.5. The Morgan fingerprint density at radius 3 is 2.24 bits per heavy atom. The van der Waals surface area contributed by atoms with Crippen molar-refractivity contribution in [2.24, 2.45) is 5.41 Å². The van der Waals surface area contributed by atoms with Gasteiger partial charge in [0.15, 0.2) is 5.78 Å². The van der Waals surface area contributed by atoms with Crippen molar-refractivity contribution in [3.05, 3.63) is 35.9 Å². The summed E-state index contributed by atoms with van der Waals surface area (Å²) in [5, 5.41) is 0. The second-order valence-corrected chi connectivity index (χ2v) is 4.61. The maximum atomic E-state index is 12.2. The number of ether oxygens (including phenoxy) is 1. The number of hydrogen-bond acceptors (Lipinski definition) is 2. The first-order chi connectivity index (χ1) is 8.17. The number of carbonyl (C=O) groups is 1. The van der Waals surface area contributed by atoms with Crippen molar-refractivity contribution in [2.45, 2.75) is 33.1 Å². The van der Waals surface area contributed by atoms with Crippen LogP contribution in [0.3, 0.4) is 0 Å². The minimum Gasteiger partial charge on any atom is -0.384 e. The van der Waals surface area contributed by atoms with E-state index in [0.717, 1.165) is 18.4 Å². The average Bonchev–Trinajstić information content (AvgIpc) is 2.39. The number of ketones is 1. The third-order valence-corrected chi connectivity index (χ3v) is 3.58. The number of rotatable bonds is 7. The molecule has 0 aliphatic carbocycles. The van der Waals surface area contributed by atoms with Crippen molar-refractivity contribution in [3.63, 3.8) is 0 Å². The quantitative estimate of drug-likeness (QED) is 0.672. The lowest BCUT2D eigenvalue weighted by Gasteiger charge is -2.30. The summed E-state index contributed by atoms with van der Waals surface area (Å²) in [6, 6.07) is 9.50. The smallest absolute Gasteiger partial charge is 0.163 e. The van der Waals surface area contributed by atoms with Crippen molar-refractivity contribution in [2.75, 3.05) is 13.7 Å². The molecule has 0 N–H and O–H groups in total. The fourth-order valence-corrected chi connectivity index (χ4v) is 2.13. The Bertz CT molecular complexity index is 339. The highest BCUT2D eigenvalue weighted by Gasteiger charge is 2.29. The Labute approximate surface area is 104 Å². The van der Waals surface area contributed by atoms with Crippen molar-refractivity contribution >= 4 is 5.78 Å². The van der Waals surface area contributed by atoms with E-state index in [1.165, 1.54) is 0 Å². The first kappa shape index (κ1) is 13.9. The Morgan fingerprint density at radius 1 is 1.18 bits per heavy atom. The summed E-state index contributed by atoms with van der Waals surface area (Å²) < 4.78 is 5.27. The van der Waals surface area contributed by atoms with Crippen LogP contribution in [0.15, 0.2) is 30.3 Å². The number of carbonyl (C=O) groups excluding carboxylic acids is 1. The third kappa shape index (κ3) is 3.67. The molecule has 0 saturated heterocycles. The summed E-state index contributed by atoms with van der Waals surface area (Å²) >= 11 is 0. The van der Waals surface area contributed by atoms with Crippen LogP contribution in [-0.2, 0) is 4.74 Å². The molecule has 0 spiro atoms. The van der Waals surface area contributed by atoms with Gasteiger partial charge in [0.25, 0.3) is 0 Å². The second-order valence-electron chi connectivity index (χ2n) is 4.61. The molecule has 0 unspecified atom stereocenters. The lowest BCUT2D eigenvalue weighted by molar-refractivity contribution is 0.0564. The van der Waals surface area contributed by atoms with Crippen LogP contribution >= 0.6 is 0 Å². The van der Waals surface area contributed by atoms with E-state index in [4.69, 9.17) is 4.74 Å². The van der Waals surface area contributed by atoms with Crippen LogP contribution in [0.2, 0.25) is 0 Å². The molecule has 0 saturated carbocycles. The molecule has 0 bridgehead atoms. The predicted octanol–water partition coefficient (Wildman–Crippen LogP) is 3.71. The molecule has 2 nitrogen and oxygen atoms in total. The highest BCUT2D eigenvalue weighted by molar-refractivity contribution is 5.96. The summed E-state index contributed by atoms with van der Waals surface area (Å²) in [7, 11) is 1.70. The van der Waals surface area contributed by atoms with E-state index in [9.17, 15) is 4.79 Å². The van der Waals surface area contributed by atoms with Gasteiger partial charge in [-0.05, 0) is 12.8 Å². The van der Waals surface area contributed by atoms with Gasteiger partial charge in [0, 0.05) is 24.5 Å². The first-order valence-electron chi connectivity index (χ1n) is 6.24. The van der Waals surface area contributed by atoms with Crippen LogP contribution in [0, 0.1) is 5.41 Å². The molecule has 0 aliphatic rings. The minimum atomic E-state index is -0.0122. The van der Waals surface area contributed by atoms with Gasteiger partial charge in [0.1, 0.15) is 0 Å². The van der Waals surface area contributed by atoms with E-state index < -0.39 is 0 Å².